The first-order valence-electron chi connectivity index (χ1n) is 25.6. The Hall–Kier alpha value is -4.82. The number of amides is 5. The van der Waals surface area contributed by atoms with Crippen molar-refractivity contribution in [3.8, 4) is 0 Å². The Labute approximate surface area is 453 Å². The van der Waals surface area contributed by atoms with E-state index in [9.17, 15) is 60.1 Å². The second-order valence-electron chi connectivity index (χ2n) is 24.4. The van der Waals surface area contributed by atoms with Crippen molar-refractivity contribution in [2.45, 2.75) is 261 Å². The SMILES string of the molecule is CC1OC(OC2C(CN=[N+]=[N-])OC(OC3C(O)C(NC(=O)OC(C)(C)C)CC(NC(=O)OC(C)(C)C)C3OC3OC(CNC(=O)OC(C)(C)C)C(O)C(O)C3NC(=O)OC(C)(C)C)C2O)C(NC(=O)OC(C)(C)C)C(O)C1O. The van der Waals surface area contributed by atoms with Crippen molar-refractivity contribution < 1.29 is 107 Å². The lowest BCUT2D eigenvalue weighted by atomic mass is 9.83. The van der Waals surface area contributed by atoms with Gasteiger partial charge >= 0.3 is 30.5 Å². The Balaban J connectivity index is 1.86. The molecule has 0 aromatic heterocycles. The number of aliphatic hydroxyl groups is 6. The Morgan fingerprint density at radius 2 is 0.885 bits per heavy atom. The van der Waals surface area contributed by atoms with Crippen molar-refractivity contribution in [2.24, 2.45) is 5.11 Å². The van der Waals surface area contributed by atoms with Crippen LogP contribution in [0.1, 0.15) is 117 Å². The molecule has 0 radical (unpaired) electrons. The predicted octanol–water partition coefficient (Wildman–Crippen LogP) is 1.31. The smallest absolute Gasteiger partial charge is 0.408 e. The summed E-state index contributed by atoms with van der Waals surface area (Å²) in [4.78, 5) is 69.3. The Bertz CT molecular complexity index is 2090. The lowest BCUT2D eigenvalue weighted by molar-refractivity contribution is -0.311. The van der Waals surface area contributed by atoms with Gasteiger partial charge in [-0.25, -0.2) is 24.0 Å². The van der Waals surface area contributed by atoms with E-state index < -0.39 is 194 Å². The van der Waals surface area contributed by atoms with Gasteiger partial charge in [-0.05, 0) is 123 Å². The van der Waals surface area contributed by atoms with E-state index >= 15 is 0 Å². The fourth-order valence-corrected chi connectivity index (χ4v) is 8.50. The number of aliphatic hydroxyl groups excluding tert-OH is 6. The Morgan fingerprint density at radius 3 is 1.36 bits per heavy atom. The third-order valence-corrected chi connectivity index (χ3v) is 11.6. The molecule has 19 unspecified atom stereocenters. The molecule has 4 aliphatic rings. The normalized spacial score (nSPS) is 34.7. The van der Waals surface area contributed by atoms with E-state index in [0.717, 1.165) is 0 Å². The number of alkyl carbamates (subject to hydrolysis) is 5. The highest BCUT2D eigenvalue weighted by Gasteiger charge is 2.57. The molecule has 4 rings (SSSR count). The van der Waals surface area contributed by atoms with Gasteiger partial charge < -0.3 is 109 Å². The lowest BCUT2D eigenvalue weighted by Gasteiger charge is -2.49. The maximum absolute atomic E-state index is 13.8. The highest BCUT2D eigenvalue weighted by molar-refractivity contribution is 5.70. The summed E-state index contributed by atoms with van der Waals surface area (Å²) >= 11 is 0. The maximum atomic E-state index is 13.8. The van der Waals surface area contributed by atoms with Crippen LogP contribution in [-0.2, 0) is 52.1 Å². The van der Waals surface area contributed by atoms with E-state index in [1.54, 1.807) is 104 Å². The van der Waals surface area contributed by atoms with Crippen molar-refractivity contribution >= 4 is 30.5 Å². The highest BCUT2D eigenvalue weighted by atomic mass is 16.8. The first-order valence-corrected chi connectivity index (χ1v) is 25.6. The van der Waals surface area contributed by atoms with Crippen LogP contribution in [0.2, 0.25) is 0 Å². The average molecular weight is 1130 g/mol. The van der Waals surface area contributed by atoms with Crippen molar-refractivity contribution in [3.05, 3.63) is 10.4 Å². The average Bonchev–Trinajstić information content (AvgIpc) is 3.54. The molecule has 0 spiro atoms. The zero-order chi connectivity index (χ0) is 59.2. The third-order valence-electron chi connectivity index (χ3n) is 11.6. The molecule has 3 aliphatic heterocycles. The van der Waals surface area contributed by atoms with Gasteiger partial charge in [0.1, 0.15) is 101 Å². The molecule has 0 aromatic rings. The minimum atomic E-state index is -1.98. The van der Waals surface area contributed by atoms with Gasteiger partial charge in [-0.3, -0.25) is 0 Å². The van der Waals surface area contributed by atoms with Crippen molar-refractivity contribution in [1.29, 1.82) is 0 Å². The largest absolute Gasteiger partial charge is 0.444 e. The lowest BCUT2D eigenvalue weighted by Crippen LogP contribution is -2.70. The van der Waals surface area contributed by atoms with Gasteiger partial charge in [-0.2, -0.15) is 0 Å². The van der Waals surface area contributed by atoms with Crippen LogP contribution in [0.5, 0.6) is 0 Å². The van der Waals surface area contributed by atoms with Crippen LogP contribution in [0.4, 0.5) is 24.0 Å². The summed E-state index contributed by atoms with van der Waals surface area (Å²) in [6, 6.07) is -6.18. The predicted molar refractivity (Wildman–Crippen MR) is 268 cm³/mol. The number of nitrogens with zero attached hydrogens (tertiary/aromatic N) is 3. The zero-order valence-electron chi connectivity index (χ0n) is 47.1. The summed E-state index contributed by atoms with van der Waals surface area (Å²) in [5.74, 6) is 0. The molecular weight excluding hydrogens is 1040 g/mol. The number of hydrogen-bond acceptors (Lipinski definition) is 23. The molecule has 3 heterocycles. The highest BCUT2D eigenvalue weighted by Crippen LogP contribution is 2.36. The number of carbonyl (C=O) groups excluding carboxylic acids is 5. The van der Waals surface area contributed by atoms with Gasteiger partial charge in [0, 0.05) is 11.5 Å². The van der Waals surface area contributed by atoms with Crippen LogP contribution in [0.3, 0.4) is 0 Å². The summed E-state index contributed by atoms with van der Waals surface area (Å²) in [5.41, 5.74) is 4.18. The number of rotatable bonds is 14. The van der Waals surface area contributed by atoms with E-state index in [-0.39, 0.29) is 0 Å². The number of hydrogen-bond donors (Lipinski definition) is 11. The van der Waals surface area contributed by atoms with Crippen LogP contribution >= 0.6 is 0 Å². The molecule has 4 fully saturated rings. The second kappa shape index (κ2) is 26.2. The number of ether oxygens (including phenoxy) is 11. The quantitative estimate of drug-likeness (QED) is 0.0505. The Morgan fingerprint density at radius 1 is 0.487 bits per heavy atom. The molecule has 5 amide bonds. The van der Waals surface area contributed by atoms with Gasteiger partial charge in [0.15, 0.2) is 18.9 Å². The minimum Gasteiger partial charge on any atom is -0.444 e. The summed E-state index contributed by atoms with van der Waals surface area (Å²) in [5, 5.41) is 86.0. The molecular formula is C48H84N8O22. The molecule has 30 nitrogen and oxygen atoms in total. The van der Waals surface area contributed by atoms with Gasteiger partial charge in [0.2, 0.25) is 0 Å². The van der Waals surface area contributed by atoms with Crippen molar-refractivity contribution in [1.82, 2.24) is 26.6 Å². The zero-order valence-corrected chi connectivity index (χ0v) is 47.1. The first kappa shape index (κ1) is 65.7. The van der Waals surface area contributed by atoms with Gasteiger partial charge in [-0.1, -0.05) is 5.11 Å². The molecule has 1 saturated carbocycles. The number of azide groups is 1. The van der Waals surface area contributed by atoms with Gasteiger partial charge in [0.05, 0.1) is 30.8 Å². The van der Waals surface area contributed by atoms with E-state index in [0.29, 0.717) is 0 Å². The molecule has 1 aliphatic carbocycles. The van der Waals surface area contributed by atoms with E-state index in [1.807, 2.05) is 0 Å². The maximum Gasteiger partial charge on any atom is 0.408 e. The fraction of sp³-hybridized carbons (Fsp3) is 0.896. The minimum absolute atomic E-state index is 0.410. The topological polar surface area (TPSA) is 417 Å². The van der Waals surface area contributed by atoms with E-state index in [2.05, 4.69) is 36.6 Å². The van der Waals surface area contributed by atoms with E-state index in [1.165, 1.54) is 6.92 Å². The van der Waals surface area contributed by atoms with Crippen molar-refractivity contribution in [3.63, 3.8) is 0 Å². The van der Waals surface area contributed by atoms with Gasteiger partial charge in [-0.15, -0.1) is 0 Å². The third kappa shape index (κ3) is 19.8. The number of nitrogens with one attached hydrogen (secondary N) is 5. The molecule has 448 valence electrons. The summed E-state index contributed by atoms with van der Waals surface area (Å²) in [7, 11) is 0. The van der Waals surface area contributed by atoms with Crippen LogP contribution in [0.15, 0.2) is 5.11 Å². The molecule has 30 heteroatoms. The molecule has 19 atom stereocenters. The second-order valence-corrected chi connectivity index (χ2v) is 24.4. The van der Waals surface area contributed by atoms with Gasteiger partial charge in [0.25, 0.3) is 0 Å². The number of carbonyl (C=O) groups is 5. The van der Waals surface area contributed by atoms with Crippen LogP contribution in [-0.4, -0.2) is 218 Å². The standard InChI is InChI=1S/C48H84N8O22/c1-20-27(57)30(60)25(54-42(66)77-47(11,12)13)36(68-20)72-34-24(19-51-56-49)70-38(32(34)62)73-35-28(58)21(52-40(64)75-45(5,6)7)17-22(53-41(65)76-46(8,9)10)33(35)71-37-26(55-43(67)78-48(14,15)16)31(61)29(59)23(69-37)18-50-39(63)74-44(2,3)4/h20-38,57-62H,17-19H2,1-16H3,(H,50,63)(H,52,64)(H,53,65)(H,54,66)(H,55,67). The fourth-order valence-electron chi connectivity index (χ4n) is 8.50. The summed E-state index contributed by atoms with van der Waals surface area (Å²) in [6.45, 7) is 24.1. The molecule has 78 heavy (non-hydrogen) atoms. The van der Waals surface area contributed by atoms with Crippen molar-refractivity contribution in [2.75, 3.05) is 13.1 Å². The monoisotopic (exact) mass is 1120 g/mol. The summed E-state index contributed by atoms with van der Waals surface area (Å²) < 4.78 is 64.8. The summed E-state index contributed by atoms with van der Waals surface area (Å²) in [6.07, 6.45) is -31.6. The molecule has 0 aromatic carbocycles. The molecule has 0 bridgehead atoms. The van der Waals surface area contributed by atoms with Crippen LogP contribution < -0.4 is 26.6 Å². The molecule has 11 N–H and O–H groups in total. The Kier molecular flexibility index (Phi) is 22.1. The van der Waals surface area contributed by atoms with Crippen LogP contribution in [0, 0.1) is 0 Å². The van der Waals surface area contributed by atoms with E-state index in [4.69, 9.17) is 52.1 Å². The first-order chi connectivity index (χ1) is 35.7. The van der Waals surface area contributed by atoms with Crippen LogP contribution in [0.25, 0.3) is 10.4 Å². The molecule has 3 saturated heterocycles.